The Morgan fingerprint density at radius 3 is 2.12 bits per heavy atom. The van der Waals surface area contributed by atoms with Crippen molar-refractivity contribution in [1.82, 2.24) is 0 Å². The predicted octanol–water partition coefficient (Wildman–Crippen LogP) is 5.53. The van der Waals surface area contributed by atoms with Crippen molar-refractivity contribution < 1.29 is 19.7 Å². The van der Waals surface area contributed by atoms with Crippen LogP contribution in [0, 0.1) is 0 Å². The molecule has 1 aromatic carbocycles. The van der Waals surface area contributed by atoms with Gasteiger partial charge in [0.15, 0.2) is 0 Å². The molecule has 0 radical (unpaired) electrons. The van der Waals surface area contributed by atoms with E-state index in [2.05, 4.69) is 6.92 Å². The van der Waals surface area contributed by atoms with Crippen LogP contribution in [0.5, 0.6) is 11.5 Å². The number of unbranched alkanes of at least 4 members (excludes halogenated alkanes) is 9. The minimum atomic E-state index is -0.434. The summed E-state index contributed by atoms with van der Waals surface area (Å²) in [7, 11) is 0. The van der Waals surface area contributed by atoms with Crippen molar-refractivity contribution in [2.45, 2.75) is 97.0 Å². The van der Waals surface area contributed by atoms with Gasteiger partial charge in [0.1, 0.15) is 11.5 Å². The lowest BCUT2D eigenvalue weighted by atomic mass is 10.0. The Morgan fingerprint density at radius 2 is 1.54 bits per heavy atom. The van der Waals surface area contributed by atoms with E-state index >= 15 is 0 Å². The molecular formula is C22H36O4. The normalized spacial score (nSPS) is 12.1. The highest BCUT2D eigenvalue weighted by Crippen LogP contribution is 2.23. The van der Waals surface area contributed by atoms with Crippen LogP contribution in [0.15, 0.2) is 18.2 Å². The molecule has 0 bridgehead atoms. The molecule has 148 valence electrons. The molecule has 1 rings (SSSR count). The summed E-state index contributed by atoms with van der Waals surface area (Å²) in [5.74, 6) is -0.0593. The number of phenolic OH excluding ortho intramolecular Hbond substituents is 1. The summed E-state index contributed by atoms with van der Waals surface area (Å²) < 4.78 is 5.00. The molecule has 0 aliphatic rings. The number of carbonyl (C=O) groups excluding carboxylic acids is 1. The van der Waals surface area contributed by atoms with E-state index in [-0.39, 0.29) is 5.75 Å². The second kappa shape index (κ2) is 13.6. The van der Waals surface area contributed by atoms with Gasteiger partial charge in [0, 0.05) is 13.0 Å². The summed E-state index contributed by atoms with van der Waals surface area (Å²) in [6.07, 6.45) is 13.6. The van der Waals surface area contributed by atoms with Gasteiger partial charge in [0.2, 0.25) is 0 Å². The zero-order valence-corrected chi connectivity index (χ0v) is 16.5. The maximum absolute atomic E-state index is 11.0. The van der Waals surface area contributed by atoms with E-state index in [1.54, 1.807) is 12.1 Å². The van der Waals surface area contributed by atoms with Crippen LogP contribution in [-0.4, -0.2) is 22.3 Å². The number of rotatable bonds is 14. The number of benzene rings is 1. The van der Waals surface area contributed by atoms with E-state index in [9.17, 15) is 15.0 Å². The highest BCUT2D eigenvalue weighted by atomic mass is 16.5. The summed E-state index contributed by atoms with van der Waals surface area (Å²) in [6, 6.07) is 4.71. The summed E-state index contributed by atoms with van der Waals surface area (Å²) >= 11 is 0. The smallest absolute Gasteiger partial charge is 0.308 e. The van der Waals surface area contributed by atoms with Gasteiger partial charge in [-0.15, -0.1) is 0 Å². The van der Waals surface area contributed by atoms with Gasteiger partial charge in [-0.25, -0.2) is 0 Å². The molecule has 0 saturated heterocycles. The number of aliphatic hydroxyl groups excluding tert-OH is 1. The quantitative estimate of drug-likeness (QED) is 0.259. The molecule has 1 aromatic rings. The lowest BCUT2D eigenvalue weighted by Crippen LogP contribution is -2.10. The highest BCUT2D eigenvalue weighted by molar-refractivity contribution is 5.69. The average Bonchev–Trinajstić information content (AvgIpc) is 2.55. The van der Waals surface area contributed by atoms with Gasteiger partial charge in [-0.3, -0.25) is 4.79 Å². The van der Waals surface area contributed by atoms with Crippen molar-refractivity contribution in [1.29, 1.82) is 0 Å². The van der Waals surface area contributed by atoms with E-state index in [0.29, 0.717) is 12.2 Å². The molecule has 2 N–H and O–H groups in total. The molecule has 0 aliphatic carbocycles. The lowest BCUT2D eigenvalue weighted by Gasteiger charge is -2.12. The average molecular weight is 365 g/mol. The molecule has 1 atom stereocenters. The number of aromatic hydroxyl groups is 1. The molecule has 0 fully saturated rings. The van der Waals surface area contributed by atoms with Crippen LogP contribution in [0.4, 0.5) is 0 Å². The van der Waals surface area contributed by atoms with Gasteiger partial charge >= 0.3 is 5.97 Å². The van der Waals surface area contributed by atoms with Crippen molar-refractivity contribution >= 4 is 5.97 Å². The second-order valence-electron chi connectivity index (χ2n) is 7.26. The van der Waals surface area contributed by atoms with Crippen molar-refractivity contribution in [2.24, 2.45) is 0 Å². The SMILES string of the molecule is CCCCCCCCCCCC[C@@H](O)Cc1cc(O)cc(OC(C)=O)c1. The third-order valence-electron chi connectivity index (χ3n) is 4.57. The number of hydrogen-bond donors (Lipinski definition) is 2. The van der Waals surface area contributed by atoms with Gasteiger partial charge in [0.25, 0.3) is 0 Å². The molecule has 0 aromatic heterocycles. The molecule has 0 heterocycles. The number of phenols is 1. The zero-order chi connectivity index (χ0) is 19.2. The molecule has 0 saturated carbocycles. The minimum Gasteiger partial charge on any atom is -0.508 e. The summed E-state index contributed by atoms with van der Waals surface area (Å²) in [5.41, 5.74) is 0.779. The van der Waals surface area contributed by atoms with E-state index in [4.69, 9.17) is 4.74 Å². The Hall–Kier alpha value is -1.55. The standard InChI is InChI=1S/C22H36O4/c1-3-4-5-6-7-8-9-10-11-12-13-20(24)14-19-15-21(25)17-22(16-19)26-18(2)23/h15-17,20,24-25H,3-14H2,1-2H3/t20-/m1/s1. The predicted molar refractivity (Wildman–Crippen MR) is 106 cm³/mol. The molecular weight excluding hydrogens is 328 g/mol. The highest BCUT2D eigenvalue weighted by Gasteiger charge is 2.09. The monoisotopic (exact) mass is 364 g/mol. The largest absolute Gasteiger partial charge is 0.508 e. The Labute approximate surface area is 158 Å². The number of carbonyl (C=O) groups is 1. The third-order valence-corrected chi connectivity index (χ3v) is 4.57. The number of ether oxygens (including phenoxy) is 1. The number of hydrogen-bond acceptors (Lipinski definition) is 4. The van der Waals surface area contributed by atoms with Crippen LogP contribution in [0.25, 0.3) is 0 Å². The lowest BCUT2D eigenvalue weighted by molar-refractivity contribution is -0.131. The van der Waals surface area contributed by atoms with Gasteiger partial charge in [0.05, 0.1) is 6.10 Å². The van der Waals surface area contributed by atoms with Crippen molar-refractivity contribution in [3.05, 3.63) is 23.8 Å². The van der Waals surface area contributed by atoms with E-state index in [1.807, 2.05) is 0 Å². The third kappa shape index (κ3) is 11.1. The summed E-state index contributed by atoms with van der Waals surface area (Å²) in [5, 5.41) is 19.9. The first-order valence-electron chi connectivity index (χ1n) is 10.2. The maximum Gasteiger partial charge on any atom is 0.308 e. The van der Waals surface area contributed by atoms with Crippen LogP contribution in [0.2, 0.25) is 0 Å². The molecule has 26 heavy (non-hydrogen) atoms. The zero-order valence-electron chi connectivity index (χ0n) is 16.5. The maximum atomic E-state index is 11.0. The molecule has 0 aliphatic heterocycles. The summed E-state index contributed by atoms with van der Waals surface area (Å²) in [6.45, 7) is 3.57. The van der Waals surface area contributed by atoms with Crippen molar-refractivity contribution in [2.75, 3.05) is 0 Å². The minimum absolute atomic E-state index is 0.0462. The van der Waals surface area contributed by atoms with Gasteiger partial charge < -0.3 is 14.9 Å². The second-order valence-corrected chi connectivity index (χ2v) is 7.26. The van der Waals surface area contributed by atoms with Crippen LogP contribution >= 0.6 is 0 Å². The van der Waals surface area contributed by atoms with E-state index < -0.39 is 12.1 Å². The first-order valence-corrected chi connectivity index (χ1v) is 10.2. The molecule has 0 unspecified atom stereocenters. The summed E-state index contributed by atoms with van der Waals surface area (Å²) in [4.78, 5) is 11.0. The van der Waals surface area contributed by atoms with Crippen molar-refractivity contribution in [3.8, 4) is 11.5 Å². The Morgan fingerprint density at radius 1 is 0.962 bits per heavy atom. The molecule has 0 amide bonds. The van der Waals surface area contributed by atoms with Crippen LogP contribution in [0.1, 0.15) is 90.0 Å². The van der Waals surface area contributed by atoms with Crippen LogP contribution in [-0.2, 0) is 11.2 Å². The van der Waals surface area contributed by atoms with E-state index in [1.165, 1.54) is 64.4 Å². The Kier molecular flexibility index (Phi) is 11.8. The van der Waals surface area contributed by atoms with Gasteiger partial charge in [-0.2, -0.15) is 0 Å². The van der Waals surface area contributed by atoms with Crippen LogP contribution in [0.3, 0.4) is 0 Å². The first kappa shape index (κ1) is 22.5. The van der Waals surface area contributed by atoms with Crippen LogP contribution < -0.4 is 4.74 Å². The number of aliphatic hydroxyl groups is 1. The molecule has 4 nitrogen and oxygen atoms in total. The van der Waals surface area contributed by atoms with Gasteiger partial charge in [-0.1, -0.05) is 71.1 Å². The fourth-order valence-electron chi connectivity index (χ4n) is 3.23. The molecule has 4 heteroatoms. The fraction of sp³-hybridized carbons (Fsp3) is 0.682. The number of esters is 1. The van der Waals surface area contributed by atoms with Crippen molar-refractivity contribution in [3.63, 3.8) is 0 Å². The van der Waals surface area contributed by atoms with E-state index in [0.717, 1.165) is 24.8 Å². The Balaban J connectivity index is 2.15. The molecule has 0 spiro atoms. The fourth-order valence-corrected chi connectivity index (χ4v) is 3.23. The van der Waals surface area contributed by atoms with Gasteiger partial charge in [-0.05, 0) is 30.5 Å². The Bertz CT molecular complexity index is 513. The topological polar surface area (TPSA) is 66.8 Å². The first-order chi connectivity index (χ1) is 12.5.